The second-order valence-corrected chi connectivity index (χ2v) is 4.08. The van der Waals surface area contributed by atoms with Crippen molar-refractivity contribution in [1.29, 1.82) is 5.26 Å². The van der Waals surface area contributed by atoms with Crippen LogP contribution in [0.2, 0.25) is 0 Å². The van der Waals surface area contributed by atoms with Crippen LogP contribution in [0.3, 0.4) is 0 Å². The number of aryl methyl sites for hydroxylation is 1. The van der Waals surface area contributed by atoms with Crippen LogP contribution in [0.15, 0.2) is 17.5 Å². The lowest BCUT2D eigenvalue weighted by Crippen LogP contribution is -1.93. The maximum Gasteiger partial charge on any atom is 0.145 e. The van der Waals surface area contributed by atoms with Crippen LogP contribution in [0.1, 0.15) is 11.1 Å². The van der Waals surface area contributed by atoms with Gasteiger partial charge in [-0.2, -0.15) is 5.26 Å². The van der Waals surface area contributed by atoms with E-state index in [1.54, 1.807) is 0 Å². The Kier molecular flexibility index (Phi) is 2.22. The van der Waals surface area contributed by atoms with E-state index in [4.69, 9.17) is 5.26 Å². The van der Waals surface area contributed by atoms with Gasteiger partial charge in [-0.25, -0.2) is 4.39 Å². The van der Waals surface area contributed by atoms with Gasteiger partial charge in [0.05, 0.1) is 17.2 Å². The third-order valence-electron chi connectivity index (χ3n) is 2.26. The van der Waals surface area contributed by atoms with Gasteiger partial charge in [-0.05, 0) is 29.3 Å². The number of hydrogen-bond donors (Lipinski definition) is 0. The molecule has 3 heteroatoms. The number of nitrogens with zero attached hydrogens (tertiary/aromatic N) is 1. The zero-order chi connectivity index (χ0) is 10.1. The summed E-state index contributed by atoms with van der Waals surface area (Å²) in [6.07, 6.45) is 0.144. The molecule has 1 heterocycles. The van der Waals surface area contributed by atoms with Crippen molar-refractivity contribution in [2.24, 2.45) is 0 Å². The first-order valence-electron chi connectivity index (χ1n) is 4.26. The number of nitriles is 1. The third-order valence-corrected chi connectivity index (χ3v) is 3.19. The van der Waals surface area contributed by atoms with Gasteiger partial charge in [-0.1, -0.05) is 6.07 Å². The first-order valence-corrected chi connectivity index (χ1v) is 5.14. The highest BCUT2D eigenvalue weighted by Gasteiger charge is 2.11. The van der Waals surface area contributed by atoms with Crippen LogP contribution >= 0.6 is 11.3 Å². The minimum absolute atomic E-state index is 0.144. The van der Waals surface area contributed by atoms with Gasteiger partial charge in [-0.3, -0.25) is 0 Å². The molecule has 0 saturated heterocycles. The van der Waals surface area contributed by atoms with E-state index in [1.807, 2.05) is 30.5 Å². The Morgan fingerprint density at radius 1 is 1.57 bits per heavy atom. The van der Waals surface area contributed by atoms with Crippen LogP contribution in [0.5, 0.6) is 0 Å². The van der Waals surface area contributed by atoms with Crippen LogP contribution in [-0.2, 0) is 6.42 Å². The average molecular weight is 205 g/mol. The molecule has 2 aromatic rings. The molecule has 2 rings (SSSR count). The monoisotopic (exact) mass is 205 g/mol. The molecule has 0 atom stereocenters. The Balaban J connectivity index is 2.77. The summed E-state index contributed by atoms with van der Waals surface area (Å²) in [5, 5.41) is 11.4. The maximum atomic E-state index is 13.8. The molecule has 0 aliphatic heterocycles. The van der Waals surface area contributed by atoms with Crippen LogP contribution < -0.4 is 0 Å². The summed E-state index contributed by atoms with van der Waals surface area (Å²) in [6, 6.07) is 5.81. The van der Waals surface area contributed by atoms with Gasteiger partial charge in [0, 0.05) is 5.56 Å². The van der Waals surface area contributed by atoms with Crippen LogP contribution in [0, 0.1) is 24.1 Å². The van der Waals surface area contributed by atoms with Crippen molar-refractivity contribution in [2.45, 2.75) is 13.3 Å². The quantitative estimate of drug-likeness (QED) is 0.699. The minimum atomic E-state index is -0.225. The molecule has 14 heavy (non-hydrogen) atoms. The predicted octanol–water partition coefficient (Wildman–Crippen LogP) is 3.41. The summed E-state index contributed by atoms with van der Waals surface area (Å²) in [6.45, 7) is 1.84. The van der Waals surface area contributed by atoms with Gasteiger partial charge in [0.25, 0.3) is 0 Å². The predicted molar refractivity (Wildman–Crippen MR) is 55.8 cm³/mol. The SMILES string of the molecule is Cc1cc2ccsc2c(F)c1CC#N. The third kappa shape index (κ3) is 1.28. The molecular weight excluding hydrogens is 197 g/mol. The lowest BCUT2D eigenvalue weighted by atomic mass is 10.0. The van der Waals surface area contributed by atoms with Gasteiger partial charge in [0.2, 0.25) is 0 Å². The second kappa shape index (κ2) is 3.39. The Labute approximate surface area is 85.4 Å². The molecule has 0 radical (unpaired) electrons. The lowest BCUT2D eigenvalue weighted by Gasteiger charge is -2.04. The summed E-state index contributed by atoms with van der Waals surface area (Å²) in [5.41, 5.74) is 1.39. The van der Waals surface area contributed by atoms with Gasteiger partial charge in [0.1, 0.15) is 5.82 Å². The molecule has 0 saturated carbocycles. The molecule has 0 spiro atoms. The maximum absolute atomic E-state index is 13.8. The van der Waals surface area contributed by atoms with Crippen molar-refractivity contribution in [3.05, 3.63) is 34.5 Å². The first-order chi connectivity index (χ1) is 6.74. The van der Waals surface area contributed by atoms with E-state index in [0.29, 0.717) is 10.3 Å². The molecule has 0 N–H and O–H groups in total. The molecule has 70 valence electrons. The van der Waals surface area contributed by atoms with E-state index in [0.717, 1.165) is 10.9 Å². The van der Waals surface area contributed by atoms with Crippen molar-refractivity contribution in [1.82, 2.24) is 0 Å². The summed E-state index contributed by atoms with van der Waals surface area (Å²) in [7, 11) is 0. The highest BCUT2D eigenvalue weighted by atomic mass is 32.1. The molecule has 0 fully saturated rings. The average Bonchev–Trinajstić information content (AvgIpc) is 2.60. The summed E-state index contributed by atoms with van der Waals surface area (Å²) >= 11 is 1.38. The Hall–Kier alpha value is -1.40. The number of benzene rings is 1. The zero-order valence-electron chi connectivity index (χ0n) is 7.67. The van der Waals surface area contributed by atoms with Crippen molar-refractivity contribution < 1.29 is 4.39 Å². The first kappa shape index (κ1) is 9.17. The van der Waals surface area contributed by atoms with Gasteiger partial charge < -0.3 is 0 Å². The van der Waals surface area contributed by atoms with E-state index in [9.17, 15) is 4.39 Å². The number of halogens is 1. The Bertz CT molecular complexity index is 522. The molecule has 0 unspecified atom stereocenters. The molecule has 0 bridgehead atoms. The largest absolute Gasteiger partial charge is 0.205 e. The fourth-order valence-corrected chi connectivity index (χ4v) is 2.38. The summed E-state index contributed by atoms with van der Waals surface area (Å²) in [4.78, 5) is 0. The minimum Gasteiger partial charge on any atom is -0.205 e. The molecular formula is C11H8FNS. The van der Waals surface area contributed by atoms with Crippen molar-refractivity contribution >= 4 is 21.4 Å². The molecule has 0 aliphatic rings. The Morgan fingerprint density at radius 3 is 3.07 bits per heavy atom. The van der Waals surface area contributed by atoms with Crippen molar-refractivity contribution in [3.63, 3.8) is 0 Å². The van der Waals surface area contributed by atoms with Gasteiger partial charge in [0.15, 0.2) is 0 Å². The number of fused-ring (bicyclic) bond motifs is 1. The Morgan fingerprint density at radius 2 is 2.36 bits per heavy atom. The standard InChI is InChI=1S/C11H8FNS/c1-7-6-8-3-5-14-11(8)10(12)9(7)2-4-13/h3,5-6H,2H2,1H3. The molecule has 1 aromatic heterocycles. The second-order valence-electron chi connectivity index (χ2n) is 3.16. The molecule has 0 amide bonds. The summed E-state index contributed by atoms with van der Waals surface area (Å²) in [5.74, 6) is -0.225. The number of thiophene rings is 1. The normalized spacial score (nSPS) is 10.4. The van der Waals surface area contributed by atoms with Crippen molar-refractivity contribution in [3.8, 4) is 6.07 Å². The topological polar surface area (TPSA) is 23.8 Å². The molecule has 0 aliphatic carbocycles. The van der Waals surface area contributed by atoms with E-state index < -0.39 is 0 Å². The smallest absolute Gasteiger partial charge is 0.145 e. The van der Waals surface area contributed by atoms with Crippen LogP contribution in [0.4, 0.5) is 4.39 Å². The zero-order valence-corrected chi connectivity index (χ0v) is 8.49. The molecule has 1 nitrogen and oxygen atoms in total. The summed E-state index contributed by atoms with van der Waals surface area (Å²) < 4.78 is 14.5. The van der Waals surface area contributed by atoms with E-state index in [1.165, 1.54) is 11.3 Å². The van der Waals surface area contributed by atoms with E-state index >= 15 is 0 Å². The van der Waals surface area contributed by atoms with Gasteiger partial charge >= 0.3 is 0 Å². The lowest BCUT2D eigenvalue weighted by molar-refractivity contribution is 0.627. The van der Waals surface area contributed by atoms with Gasteiger partial charge in [-0.15, -0.1) is 11.3 Å². The van der Waals surface area contributed by atoms with Crippen LogP contribution in [0.25, 0.3) is 10.1 Å². The number of rotatable bonds is 1. The fraction of sp³-hybridized carbons (Fsp3) is 0.182. The highest BCUT2D eigenvalue weighted by Crippen LogP contribution is 2.28. The molecule has 1 aromatic carbocycles. The van der Waals surface area contributed by atoms with Crippen molar-refractivity contribution in [2.75, 3.05) is 0 Å². The number of hydrogen-bond acceptors (Lipinski definition) is 2. The fourth-order valence-electron chi connectivity index (χ4n) is 1.54. The highest BCUT2D eigenvalue weighted by molar-refractivity contribution is 7.17. The van der Waals surface area contributed by atoms with Crippen LogP contribution in [-0.4, -0.2) is 0 Å². The van der Waals surface area contributed by atoms with E-state index in [-0.39, 0.29) is 12.2 Å². The van der Waals surface area contributed by atoms with E-state index in [2.05, 4.69) is 0 Å².